The van der Waals surface area contributed by atoms with Crippen LogP contribution in [0.3, 0.4) is 0 Å². The Kier molecular flexibility index (Phi) is 8.08. The van der Waals surface area contributed by atoms with E-state index in [1.165, 1.54) is 4.90 Å². The van der Waals surface area contributed by atoms with Crippen molar-refractivity contribution in [3.63, 3.8) is 0 Å². The predicted octanol–water partition coefficient (Wildman–Crippen LogP) is 3.98. The first-order chi connectivity index (χ1) is 17.8. The van der Waals surface area contributed by atoms with E-state index in [4.69, 9.17) is 16.2 Å². The molecule has 9 nitrogen and oxygen atoms in total. The van der Waals surface area contributed by atoms with E-state index in [-0.39, 0.29) is 28.2 Å². The average Bonchev–Trinajstić information content (AvgIpc) is 3.53. The van der Waals surface area contributed by atoms with Crippen LogP contribution in [0.15, 0.2) is 48.5 Å². The third kappa shape index (κ3) is 5.59. The largest absolute Gasteiger partial charge is 0.492 e. The summed E-state index contributed by atoms with van der Waals surface area (Å²) in [6.07, 6.45) is 3.87. The van der Waals surface area contributed by atoms with Crippen LogP contribution in [0.4, 0.5) is 11.4 Å². The predicted molar refractivity (Wildman–Crippen MR) is 144 cm³/mol. The minimum Gasteiger partial charge on any atom is -0.492 e. The Labute approximate surface area is 220 Å². The zero-order valence-corrected chi connectivity index (χ0v) is 21.7. The molecule has 10 heteroatoms. The summed E-state index contributed by atoms with van der Waals surface area (Å²) < 4.78 is 9.86. The van der Waals surface area contributed by atoms with Gasteiger partial charge in [-0.1, -0.05) is 54.8 Å². The lowest BCUT2D eigenvalue weighted by molar-refractivity contribution is -0.123. The summed E-state index contributed by atoms with van der Waals surface area (Å²) in [5.41, 5.74) is 13.3. The molecule has 3 amide bonds. The van der Waals surface area contributed by atoms with Crippen LogP contribution < -0.4 is 26.4 Å². The van der Waals surface area contributed by atoms with Crippen LogP contribution >= 0.6 is 11.5 Å². The molecule has 1 saturated carbocycles. The highest BCUT2D eigenvalue weighted by Crippen LogP contribution is 2.38. The normalized spacial score (nSPS) is 14.2. The number of nitrogens with one attached hydrogen (secondary N) is 1. The van der Waals surface area contributed by atoms with Gasteiger partial charge in [0.25, 0.3) is 11.8 Å². The fourth-order valence-electron chi connectivity index (χ4n) is 4.55. The van der Waals surface area contributed by atoms with Crippen LogP contribution in [0.1, 0.15) is 69.9 Å². The van der Waals surface area contributed by atoms with Gasteiger partial charge in [-0.3, -0.25) is 19.3 Å². The summed E-state index contributed by atoms with van der Waals surface area (Å²) in [6.45, 7) is 4.15. The Bertz CT molecular complexity index is 1280. The summed E-state index contributed by atoms with van der Waals surface area (Å²) >= 11 is 0.775. The number of rotatable bonds is 9. The Morgan fingerprint density at radius 1 is 1.14 bits per heavy atom. The van der Waals surface area contributed by atoms with Crippen molar-refractivity contribution in [2.75, 3.05) is 17.2 Å². The van der Waals surface area contributed by atoms with Crippen LogP contribution in [-0.4, -0.2) is 34.7 Å². The van der Waals surface area contributed by atoms with E-state index in [1.54, 1.807) is 24.3 Å². The fourth-order valence-corrected chi connectivity index (χ4v) is 5.30. The van der Waals surface area contributed by atoms with Crippen LogP contribution in [0, 0.1) is 6.92 Å². The molecule has 0 radical (unpaired) electrons. The fraction of sp³-hybridized carbons (Fsp3) is 0.333. The highest BCUT2D eigenvalue weighted by atomic mass is 32.1. The van der Waals surface area contributed by atoms with Gasteiger partial charge in [-0.15, -0.1) is 0 Å². The maximum atomic E-state index is 14.2. The molecular formula is C27H31N5O4S. The van der Waals surface area contributed by atoms with Gasteiger partial charge in [0, 0.05) is 6.04 Å². The van der Waals surface area contributed by atoms with Crippen LogP contribution in [0.2, 0.25) is 0 Å². The lowest BCUT2D eigenvalue weighted by Gasteiger charge is -2.33. The van der Waals surface area contributed by atoms with E-state index in [0.717, 1.165) is 42.8 Å². The van der Waals surface area contributed by atoms with Crippen molar-refractivity contribution in [1.29, 1.82) is 0 Å². The number of ether oxygens (including phenoxy) is 1. The molecule has 37 heavy (non-hydrogen) atoms. The summed E-state index contributed by atoms with van der Waals surface area (Å²) in [5, 5.41) is 3.15. The molecule has 0 bridgehead atoms. The molecule has 1 aliphatic carbocycles. The number of nitrogens with zero attached hydrogens (tertiary/aromatic N) is 2. The summed E-state index contributed by atoms with van der Waals surface area (Å²) in [7, 11) is 0. The molecule has 0 unspecified atom stereocenters. The minimum atomic E-state index is -1.03. The van der Waals surface area contributed by atoms with E-state index < -0.39 is 17.9 Å². The molecule has 5 N–H and O–H groups in total. The molecule has 4 rings (SSSR count). The quantitative estimate of drug-likeness (QED) is 0.389. The molecule has 3 aromatic rings. The molecule has 1 atom stereocenters. The first-order valence-electron chi connectivity index (χ1n) is 12.3. The number of para-hydroxylation sites is 2. The van der Waals surface area contributed by atoms with Gasteiger partial charge in [-0.05, 0) is 55.9 Å². The highest BCUT2D eigenvalue weighted by Gasteiger charge is 2.38. The van der Waals surface area contributed by atoms with E-state index in [9.17, 15) is 14.4 Å². The van der Waals surface area contributed by atoms with Crippen molar-refractivity contribution < 1.29 is 19.1 Å². The van der Waals surface area contributed by atoms with E-state index in [2.05, 4.69) is 9.69 Å². The molecular weight excluding hydrogens is 490 g/mol. The molecule has 0 spiro atoms. The zero-order valence-electron chi connectivity index (χ0n) is 20.9. The van der Waals surface area contributed by atoms with Gasteiger partial charge >= 0.3 is 0 Å². The second kappa shape index (κ2) is 11.4. The maximum absolute atomic E-state index is 14.2. The monoisotopic (exact) mass is 521 g/mol. The van der Waals surface area contributed by atoms with Crippen molar-refractivity contribution >= 4 is 40.6 Å². The number of nitrogen functional groups attached to an aromatic ring is 1. The molecule has 2 aromatic carbocycles. The first kappa shape index (κ1) is 26.2. The van der Waals surface area contributed by atoms with Crippen molar-refractivity contribution in [3.05, 3.63) is 70.2 Å². The third-order valence-electron chi connectivity index (χ3n) is 6.40. The maximum Gasteiger partial charge on any atom is 0.273 e. The van der Waals surface area contributed by atoms with Gasteiger partial charge in [-0.2, -0.15) is 4.37 Å². The number of anilines is 2. The summed E-state index contributed by atoms with van der Waals surface area (Å²) in [4.78, 5) is 41.4. The van der Waals surface area contributed by atoms with Crippen molar-refractivity contribution in [3.8, 4) is 5.75 Å². The molecule has 0 saturated heterocycles. The molecule has 0 aliphatic heterocycles. The number of aromatic nitrogens is 1. The molecule has 194 valence electrons. The van der Waals surface area contributed by atoms with Crippen molar-refractivity contribution in [2.24, 2.45) is 5.73 Å². The number of amides is 3. The molecule has 1 aliphatic rings. The Balaban J connectivity index is 1.89. The number of hydrogen-bond acceptors (Lipinski definition) is 7. The van der Waals surface area contributed by atoms with Gasteiger partial charge in [-0.25, -0.2) is 0 Å². The van der Waals surface area contributed by atoms with E-state index in [1.807, 2.05) is 38.1 Å². The summed E-state index contributed by atoms with van der Waals surface area (Å²) in [5.74, 6) is -1.29. The first-order valence-corrected chi connectivity index (χ1v) is 13.1. The lowest BCUT2D eigenvalue weighted by atomic mass is 10.0. The van der Waals surface area contributed by atoms with Gasteiger partial charge < -0.3 is 21.5 Å². The van der Waals surface area contributed by atoms with Crippen molar-refractivity contribution in [2.45, 2.75) is 51.6 Å². The second-order valence-electron chi connectivity index (χ2n) is 9.02. The molecule has 1 heterocycles. The number of carbonyl (C=O) groups is 3. The lowest BCUT2D eigenvalue weighted by Crippen LogP contribution is -2.46. The van der Waals surface area contributed by atoms with Crippen LogP contribution in [0.5, 0.6) is 5.75 Å². The Hall–Kier alpha value is -3.92. The Morgan fingerprint density at radius 2 is 1.81 bits per heavy atom. The van der Waals surface area contributed by atoms with Crippen LogP contribution in [-0.2, 0) is 4.79 Å². The summed E-state index contributed by atoms with van der Waals surface area (Å²) in [6, 6.07) is 13.5. The number of aryl methyl sites for hydroxylation is 1. The van der Waals surface area contributed by atoms with Gasteiger partial charge in [0.2, 0.25) is 5.91 Å². The number of benzene rings is 2. The standard InChI is InChI=1S/C27H31N5O4S/c1-3-36-20-11-7-6-10-19(20)32(27(35)24-21(28)22(25(29)33)31-37-24)23(17-14-12-16(2)13-15-17)26(34)30-18-8-4-5-9-18/h6-7,10-15,18,23H,3-5,8-9,28H2,1-2H3,(H2,29,33)(H,30,34)/t23-/m0/s1. The number of carbonyl (C=O) groups excluding carboxylic acids is 3. The Morgan fingerprint density at radius 3 is 2.43 bits per heavy atom. The highest BCUT2D eigenvalue weighted by molar-refractivity contribution is 7.09. The smallest absolute Gasteiger partial charge is 0.273 e. The van der Waals surface area contributed by atoms with Gasteiger partial charge in [0.05, 0.1) is 18.0 Å². The topological polar surface area (TPSA) is 141 Å². The molecule has 1 fully saturated rings. The molecule has 1 aromatic heterocycles. The second-order valence-corrected chi connectivity index (χ2v) is 9.79. The number of hydrogen-bond donors (Lipinski definition) is 3. The van der Waals surface area contributed by atoms with Crippen molar-refractivity contribution in [1.82, 2.24) is 9.69 Å². The van der Waals surface area contributed by atoms with Gasteiger partial charge in [0.15, 0.2) is 5.69 Å². The number of nitrogens with two attached hydrogens (primary N) is 2. The number of primary amides is 1. The third-order valence-corrected chi connectivity index (χ3v) is 7.25. The zero-order chi connectivity index (χ0) is 26.5. The SMILES string of the molecule is CCOc1ccccc1N(C(=O)c1snc(C(N)=O)c1N)[C@H](C(=O)NC1CCCC1)c1ccc(C)cc1. The van der Waals surface area contributed by atoms with Crippen LogP contribution in [0.25, 0.3) is 0 Å². The average molecular weight is 522 g/mol. The van der Waals surface area contributed by atoms with E-state index in [0.29, 0.717) is 23.6 Å². The van der Waals surface area contributed by atoms with Gasteiger partial charge in [0.1, 0.15) is 16.7 Å². The van der Waals surface area contributed by atoms with E-state index >= 15 is 0 Å². The minimum absolute atomic E-state index is 0.0193.